The summed E-state index contributed by atoms with van der Waals surface area (Å²) in [6.07, 6.45) is 0. The van der Waals surface area contributed by atoms with Crippen molar-refractivity contribution >= 4 is 5.78 Å². The zero-order chi connectivity index (χ0) is 10.5. The molecule has 0 aliphatic rings. The number of rotatable bonds is 6. The molecule has 0 unspecified atom stereocenters. The number of carbonyl (C=O) groups excluding carboxylic acids is 1. The zero-order valence-electron chi connectivity index (χ0n) is 9.09. The summed E-state index contributed by atoms with van der Waals surface area (Å²) in [4.78, 5) is 16.7. The van der Waals surface area contributed by atoms with Crippen molar-refractivity contribution < 1.29 is 14.3 Å². The van der Waals surface area contributed by atoms with E-state index in [9.17, 15) is 4.79 Å². The molecule has 0 aromatic carbocycles. The van der Waals surface area contributed by atoms with Crippen molar-refractivity contribution in [3.63, 3.8) is 0 Å². The van der Waals surface area contributed by atoms with Gasteiger partial charge in [0.05, 0.1) is 7.05 Å². The third-order valence-electron chi connectivity index (χ3n) is 2.32. The van der Waals surface area contributed by atoms with E-state index in [0.717, 1.165) is 13.1 Å². The van der Waals surface area contributed by atoms with Gasteiger partial charge < -0.3 is 0 Å². The summed E-state index contributed by atoms with van der Waals surface area (Å²) in [5.41, 5.74) is 0.554. The van der Waals surface area contributed by atoms with E-state index in [1.54, 1.807) is 6.92 Å². The highest BCUT2D eigenvalue weighted by Gasteiger charge is 2.19. The number of hydrogen-bond donors (Lipinski definition) is 0. The number of hydroxylamine groups is 3. The van der Waals surface area contributed by atoms with Crippen molar-refractivity contribution in [3.05, 3.63) is 12.2 Å². The normalized spacial score (nSPS) is 11.4. The van der Waals surface area contributed by atoms with Crippen LogP contribution in [0.3, 0.4) is 0 Å². The smallest absolute Gasteiger partial charge is 0.189 e. The highest BCUT2D eigenvalue weighted by molar-refractivity contribution is 5.95. The van der Waals surface area contributed by atoms with Gasteiger partial charge in [-0.05, 0) is 26.3 Å². The van der Waals surface area contributed by atoms with E-state index >= 15 is 0 Å². The van der Waals surface area contributed by atoms with Crippen LogP contribution in [0.15, 0.2) is 12.2 Å². The minimum atomic E-state index is -0.0220. The van der Waals surface area contributed by atoms with Gasteiger partial charge in [-0.2, -0.15) is 9.48 Å². The zero-order valence-corrected chi connectivity index (χ0v) is 9.09. The second-order valence-corrected chi connectivity index (χ2v) is 3.41. The summed E-state index contributed by atoms with van der Waals surface area (Å²) in [5.74, 6) is -0.0220. The summed E-state index contributed by atoms with van der Waals surface area (Å²) in [7, 11) is 1.96. The first-order chi connectivity index (χ1) is 5.95. The second kappa shape index (κ2) is 5.14. The van der Waals surface area contributed by atoms with E-state index in [1.807, 2.05) is 20.9 Å². The summed E-state index contributed by atoms with van der Waals surface area (Å²) < 4.78 is 0.471. The number of Topliss-reactive ketones (excluding diaryl/α,β-unsaturated/α-hetero) is 1. The van der Waals surface area contributed by atoms with E-state index in [4.69, 9.17) is 4.84 Å². The number of quaternary nitrogens is 1. The molecule has 0 saturated heterocycles. The Kier molecular flexibility index (Phi) is 4.88. The van der Waals surface area contributed by atoms with Crippen LogP contribution in [0.4, 0.5) is 0 Å². The molecule has 3 nitrogen and oxygen atoms in total. The maximum Gasteiger partial charge on any atom is 0.189 e. The minimum Gasteiger partial charge on any atom is -0.292 e. The molecule has 0 N–H and O–H groups in total. The molecule has 76 valence electrons. The summed E-state index contributed by atoms with van der Waals surface area (Å²) in [6.45, 7) is 11.2. The molecule has 0 aliphatic carbocycles. The van der Waals surface area contributed by atoms with Crippen molar-refractivity contribution in [2.24, 2.45) is 0 Å². The molecule has 0 aromatic heterocycles. The standard InChI is InChI=1S/C10H20NO2/c1-6-11(5,7-2)13-8-10(12)9(3)4/h3,6-8H2,1-2,4-5H3/q+1. The van der Waals surface area contributed by atoms with Crippen molar-refractivity contribution in [1.29, 1.82) is 0 Å². The largest absolute Gasteiger partial charge is 0.292 e. The van der Waals surface area contributed by atoms with Crippen LogP contribution < -0.4 is 0 Å². The van der Waals surface area contributed by atoms with Gasteiger partial charge in [0.1, 0.15) is 13.1 Å². The Balaban J connectivity index is 4.00. The SMILES string of the molecule is C=C(C)C(=O)CO[N+](C)(CC)CC. The van der Waals surface area contributed by atoms with Crippen LogP contribution in [0.5, 0.6) is 0 Å². The van der Waals surface area contributed by atoms with Crippen molar-refractivity contribution in [3.8, 4) is 0 Å². The molecule has 3 heteroatoms. The average Bonchev–Trinajstić information content (AvgIpc) is 2.13. The van der Waals surface area contributed by atoms with Crippen LogP contribution in [0.25, 0.3) is 0 Å². The summed E-state index contributed by atoms with van der Waals surface area (Å²) in [5, 5.41) is 0. The van der Waals surface area contributed by atoms with Crippen molar-refractivity contribution in [2.75, 3.05) is 26.7 Å². The van der Waals surface area contributed by atoms with Crippen LogP contribution >= 0.6 is 0 Å². The van der Waals surface area contributed by atoms with Gasteiger partial charge in [-0.1, -0.05) is 6.58 Å². The average molecular weight is 186 g/mol. The summed E-state index contributed by atoms with van der Waals surface area (Å²) in [6, 6.07) is 0. The van der Waals surface area contributed by atoms with E-state index in [-0.39, 0.29) is 12.4 Å². The number of hydrogen-bond acceptors (Lipinski definition) is 2. The van der Waals surface area contributed by atoms with Crippen LogP contribution in [0, 0.1) is 0 Å². The van der Waals surface area contributed by atoms with Crippen molar-refractivity contribution in [1.82, 2.24) is 0 Å². The van der Waals surface area contributed by atoms with Gasteiger partial charge in [0, 0.05) is 0 Å². The van der Waals surface area contributed by atoms with Gasteiger partial charge >= 0.3 is 0 Å². The molecule has 0 heterocycles. The molecular weight excluding hydrogens is 166 g/mol. The lowest BCUT2D eigenvalue weighted by molar-refractivity contribution is -1.09. The first kappa shape index (κ1) is 12.3. The fourth-order valence-electron chi connectivity index (χ4n) is 0.744. The Morgan fingerprint density at radius 3 is 2.15 bits per heavy atom. The van der Waals surface area contributed by atoms with Gasteiger partial charge in [0.15, 0.2) is 12.4 Å². The van der Waals surface area contributed by atoms with Crippen molar-refractivity contribution in [2.45, 2.75) is 20.8 Å². The fraction of sp³-hybridized carbons (Fsp3) is 0.700. The highest BCUT2D eigenvalue weighted by Crippen LogP contribution is 2.03. The lowest BCUT2D eigenvalue weighted by Crippen LogP contribution is -2.44. The van der Waals surface area contributed by atoms with E-state index < -0.39 is 0 Å². The molecule has 0 fully saturated rings. The van der Waals surface area contributed by atoms with E-state index in [1.165, 1.54) is 0 Å². The molecule has 13 heavy (non-hydrogen) atoms. The van der Waals surface area contributed by atoms with Crippen LogP contribution in [-0.4, -0.2) is 37.2 Å². The first-order valence-electron chi connectivity index (χ1n) is 4.63. The Morgan fingerprint density at radius 2 is 1.85 bits per heavy atom. The highest BCUT2D eigenvalue weighted by atomic mass is 16.7. The lowest BCUT2D eigenvalue weighted by Gasteiger charge is -2.28. The van der Waals surface area contributed by atoms with Gasteiger partial charge in [-0.15, -0.1) is 0 Å². The Bertz CT molecular complexity index is 195. The number of ketones is 1. The topological polar surface area (TPSA) is 26.3 Å². The van der Waals surface area contributed by atoms with E-state index in [2.05, 4.69) is 6.58 Å². The molecule has 0 spiro atoms. The predicted molar refractivity (Wildman–Crippen MR) is 53.0 cm³/mol. The molecule has 0 amide bonds. The van der Waals surface area contributed by atoms with Gasteiger partial charge in [-0.25, -0.2) is 0 Å². The molecule has 0 saturated carbocycles. The number of nitrogens with zero attached hydrogens (tertiary/aromatic N) is 1. The monoisotopic (exact) mass is 186 g/mol. The molecular formula is C10H20NO2+. The Morgan fingerprint density at radius 1 is 1.38 bits per heavy atom. The molecule has 0 rings (SSSR count). The Labute approximate surface area is 80.5 Å². The lowest BCUT2D eigenvalue weighted by atomic mass is 10.2. The maximum absolute atomic E-state index is 11.2. The van der Waals surface area contributed by atoms with E-state index in [0.29, 0.717) is 10.2 Å². The third-order valence-corrected chi connectivity index (χ3v) is 2.32. The van der Waals surface area contributed by atoms with Gasteiger partial charge in [0.25, 0.3) is 0 Å². The van der Waals surface area contributed by atoms with Crippen LogP contribution in [0.1, 0.15) is 20.8 Å². The fourth-order valence-corrected chi connectivity index (χ4v) is 0.744. The molecule has 0 atom stereocenters. The third kappa shape index (κ3) is 4.20. The summed E-state index contributed by atoms with van der Waals surface area (Å²) >= 11 is 0. The predicted octanol–water partition coefficient (Wildman–Crippen LogP) is 1.55. The molecule has 0 radical (unpaired) electrons. The van der Waals surface area contributed by atoms with Crippen LogP contribution in [0.2, 0.25) is 0 Å². The minimum absolute atomic E-state index is 0.0220. The maximum atomic E-state index is 11.2. The quantitative estimate of drug-likeness (QED) is 0.357. The van der Waals surface area contributed by atoms with Crippen LogP contribution in [-0.2, 0) is 9.63 Å². The molecule has 0 aliphatic heterocycles. The van der Waals surface area contributed by atoms with Gasteiger partial charge in [-0.3, -0.25) is 4.79 Å². The number of carbonyl (C=O) groups is 1. The van der Waals surface area contributed by atoms with Gasteiger partial charge in [0.2, 0.25) is 0 Å². The second-order valence-electron chi connectivity index (χ2n) is 3.41. The first-order valence-corrected chi connectivity index (χ1v) is 4.63. The molecule has 0 bridgehead atoms. The Hall–Kier alpha value is -0.670. The molecule has 0 aromatic rings.